The Hall–Kier alpha value is 0.00688. The molecule has 110 valence electrons. The SMILES string of the molecule is CCO[Si](OCC)(OCC)C(CC)NS(C)(=O)=O. The molecule has 0 aliphatic carbocycles. The Morgan fingerprint density at radius 2 is 1.39 bits per heavy atom. The zero-order chi connectivity index (χ0) is 14.2. The molecule has 0 aromatic rings. The van der Waals surface area contributed by atoms with E-state index >= 15 is 0 Å². The lowest BCUT2D eigenvalue weighted by atomic mass is 10.5. The standard InChI is InChI=1S/C10H25NO5SSi/c1-6-10(11-17(5,12)13)18(14-7-2,15-8-3)16-9-4/h10-11H,6-9H2,1-5H3. The maximum Gasteiger partial charge on any atom is 0.519 e. The fraction of sp³-hybridized carbons (Fsp3) is 1.00. The third-order valence-corrected chi connectivity index (χ3v) is 6.63. The summed E-state index contributed by atoms with van der Waals surface area (Å²) in [5, 5.41) is 0. The van der Waals surface area contributed by atoms with Crippen molar-refractivity contribution < 1.29 is 21.7 Å². The molecule has 0 aliphatic heterocycles. The van der Waals surface area contributed by atoms with Crippen LogP contribution in [0.25, 0.3) is 0 Å². The fourth-order valence-corrected chi connectivity index (χ4v) is 6.16. The summed E-state index contributed by atoms with van der Waals surface area (Å²) in [5.74, 6) is 0. The van der Waals surface area contributed by atoms with Crippen LogP contribution in [0, 0.1) is 0 Å². The number of nitrogens with one attached hydrogen (secondary N) is 1. The topological polar surface area (TPSA) is 73.9 Å². The summed E-state index contributed by atoms with van der Waals surface area (Å²) in [4.78, 5) is 0. The van der Waals surface area contributed by atoms with E-state index in [-0.39, 0.29) is 0 Å². The van der Waals surface area contributed by atoms with Crippen molar-refractivity contribution in [1.29, 1.82) is 0 Å². The molecule has 1 N–H and O–H groups in total. The molecular formula is C10H25NO5SSi. The van der Waals surface area contributed by atoms with Gasteiger partial charge < -0.3 is 13.3 Å². The second-order valence-electron chi connectivity index (χ2n) is 3.75. The molecule has 0 aromatic heterocycles. The minimum atomic E-state index is -3.33. The molecule has 8 heteroatoms. The molecule has 0 spiro atoms. The fourth-order valence-electron chi connectivity index (χ4n) is 1.69. The van der Waals surface area contributed by atoms with Crippen LogP contribution in [0.5, 0.6) is 0 Å². The number of rotatable bonds is 10. The summed E-state index contributed by atoms with van der Waals surface area (Å²) in [6, 6.07) is 0. The van der Waals surface area contributed by atoms with E-state index in [2.05, 4.69) is 4.72 Å². The second-order valence-corrected chi connectivity index (χ2v) is 8.30. The van der Waals surface area contributed by atoms with Crippen LogP contribution in [0.15, 0.2) is 0 Å². The van der Waals surface area contributed by atoms with E-state index in [1.807, 2.05) is 27.7 Å². The summed E-state index contributed by atoms with van der Waals surface area (Å²) in [6.07, 6.45) is 1.68. The maximum atomic E-state index is 11.4. The first-order chi connectivity index (χ1) is 8.35. The average Bonchev–Trinajstić information content (AvgIpc) is 2.25. The summed E-state index contributed by atoms with van der Waals surface area (Å²) in [5.41, 5.74) is -0.452. The van der Waals surface area contributed by atoms with Gasteiger partial charge in [0, 0.05) is 19.8 Å². The predicted molar refractivity (Wildman–Crippen MR) is 72.7 cm³/mol. The zero-order valence-electron chi connectivity index (χ0n) is 11.9. The minimum absolute atomic E-state index is 0.425. The molecule has 0 saturated heterocycles. The average molecular weight is 299 g/mol. The Morgan fingerprint density at radius 3 is 1.61 bits per heavy atom. The van der Waals surface area contributed by atoms with Gasteiger partial charge in [-0.3, -0.25) is 0 Å². The van der Waals surface area contributed by atoms with E-state index < -0.39 is 24.5 Å². The number of hydrogen-bond acceptors (Lipinski definition) is 5. The van der Waals surface area contributed by atoms with E-state index in [4.69, 9.17) is 13.3 Å². The van der Waals surface area contributed by atoms with Crippen LogP contribution in [-0.2, 0) is 23.3 Å². The third-order valence-electron chi connectivity index (χ3n) is 2.23. The first kappa shape index (κ1) is 18.0. The number of hydrogen-bond donors (Lipinski definition) is 1. The summed E-state index contributed by atoms with van der Waals surface area (Å²) >= 11 is 0. The largest absolute Gasteiger partial charge is 0.519 e. The van der Waals surface area contributed by atoms with E-state index in [0.717, 1.165) is 6.26 Å². The molecule has 0 amide bonds. The summed E-state index contributed by atoms with van der Waals surface area (Å²) in [6.45, 7) is 8.67. The quantitative estimate of drug-likeness (QED) is 0.607. The lowest BCUT2D eigenvalue weighted by Crippen LogP contribution is -2.62. The molecule has 0 aromatic carbocycles. The van der Waals surface area contributed by atoms with Crippen molar-refractivity contribution in [1.82, 2.24) is 4.72 Å². The van der Waals surface area contributed by atoms with Crippen LogP contribution in [0.3, 0.4) is 0 Å². The molecule has 0 bridgehead atoms. The van der Waals surface area contributed by atoms with Gasteiger partial charge in [-0.25, -0.2) is 13.1 Å². The predicted octanol–water partition coefficient (Wildman–Crippen LogP) is 0.902. The maximum absolute atomic E-state index is 11.4. The number of sulfonamides is 1. The second kappa shape index (κ2) is 8.23. The van der Waals surface area contributed by atoms with Crippen molar-refractivity contribution in [3.05, 3.63) is 0 Å². The Kier molecular flexibility index (Phi) is 8.24. The van der Waals surface area contributed by atoms with Gasteiger partial charge in [0.1, 0.15) is 0 Å². The third kappa shape index (κ3) is 5.76. The van der Waals surface area contributed by atoms with Crippen molar-refractivity contribution in [2.24, 2.45) is 0 Å². The van der Waals surface area contributed by atoms with Crippen molar-refractivity contribution >= 4 is 18.8 Å². The lowest BCUT2D eigenvalue weighted by Gasteiger charge is -2.34. The highest BCUT2D eigenvalue weighted by atomic mass is 32.2. The molecule has 1 unspecified atom stereocenters. The monoisotopic (exact) mass is 299 g/mol. The Morgan fingerprint density at radius 1 is 1.00 bits per heavy atom. The molecule has 0 saturated carbocycles. The Balaban J connectivity index is 5.18. The molecule has 18 heavy (non-hydrogen) atoms. The Labute approximate surface area is 111 Å². The smallest absolute Gasteiger partial charge is 0.373 e. The van der Waals surface area contributed by atoms with E-state index in [9.17, 15) is 8.42 Å². The highest BCUT2D eigenvalue weighted by Crippen LogP contribution is 2.18. The van der Waals surface area contributed by atoms with Crippen LogP contribution in [0.2, 0.25) is 0 Å². The van der Waals surface area contributed by atoms with Gasteiger partial charge in [0.05, 0.1) is 11.9 Å². The van der Waals surface area contributed by atoms with Crippen LogP contribution < -0.4 is 4.72 Å². The molecule has 0 rings (SSSR count). The van der Waals surface area contributed by atoms with E-state index in [1.54, 1.807) is 0 Å². The van der Waals surface area contributed by atoms with Crippen molar-refractivity contribution in [2.75, 3.05) is 26.1 Å². The van der Waals surface area contributed by atoms with Crippen molar-refractivity contribution in [3.63, 3.8) is 0 Å². The van der Waals surface area contributed by atoms with Gasteiger partial charge in [-0.1, -0.05) is 6.92 Å². The Bertz CT molecular complexity index is 305. The van der Waals surface area contributed by atoms with Crippen molar-refractivity contribution in [2.45, 2.75) is 39.8 Å². The molecule has 1 atom stereocenters. The summed E-state index contributed by atoms with van der Waals surface area (Å²) in [7, 11) is -6.35. The zero-order valence-corrected chi connectivity index (χ0v) is 13.7. The highest BCUT2D eigenvalue weighted by molar-refractivity contribution is 7.88. The van der Waals surface area contributed by atoms with Gasteiger partial charge in [0.25, 0.3) is 0 Å². The first-order valence-electron chi connectivity index (χ1n) is 6.24. The lowest BCUT2D eigenvalue weighted by molar-refractivity contribution is 0.0600. The van der Waals surface area contributed by atoms with Gasteiger partial charge >= 0.3 is 8.80 Å². The van der Waals surface area contributed by atoms with Crippen LogP contribution >= 0.6 is 0 Å². The summed E-state index contributed by atoms with van der Waals surface area (Å²) < 4.78 is 42.4. The van der Waals surface area contributed by atoms with E-state index in [0.29, 0.717) is 26.2 Å². The molecule has 0 heterocycles. The van der Waals surface area contributed by atoms with E-state index in [1.165, 1.54) is 0 Å². The molecule has 6 nitrogen and oxygen atoms in total. The van der Waals surface area contributed by atoms with Gasteiger partial charge in [-0.05, 0) is 27.2 Å². The van der Waals surface area contributed by atoms with Gasteiger partial charge in [-0.2, -0.15) is 0 Å². The first-order valence-corrected chi connectivity index (χ1v) is 9.93. The normalized spacial score (nSPS) is 14.7. The van der Waals surface area contributed by atoms with Gasteiger partial charge in [0.15, 0.2) is 0 Å². The van der Waals surface area contributed by atoms with Crippen molar-refractivity contribution in [3.8, 4) is 0 Å². The molecule has 0 fully saturated rings. The molecular weight excluding hydrogens is 274 g/mol. The molecule has 0 radical (unpaired) electrons. The molecule has 0 aliphatic rings. The van der Waals surface area contributed by atoms with Gasteiger partial charge in [0.2, 0.25) is 10.0 Å². The van der Waals surface area contributed by atoms with Gasteiger partial charge in [-0.15, -0.1) is 0 Å². The van der Waals surface area contributed by atoms with Crippen LogP contribution in [0.4, 0.5) is 0 Å². The van der Waals surface area contributed by atoms with Crippen LogP contribution in [-0.4, -0.2) is 49.0 Å². The van der Waals surface area contributed by atoms with Crippen LogP contribution in [0.1, 0.15) is 34.1 Å². The minimum Gasteiger partial charge on any atom is -0.373 e. The highest BCUT2D eigenvalue weighted by Gasteiger charge is 2.49.